The van der Waals surface area contributed by atoms with Crippen molar-refractivity contribution in [3.8, 4) is 5.75 Å². The smallest absolute Gasteiger partial charge is 0.379 e. The highest BCUT2D eigenvalue weighted by Crippen LogP contribution is 2.16. The topological polar surface area (TPSA) is 79.6 Å². The number of carbonyl (C=O) groups excluding carboxylic acids is 1. The fourth-order valence-corrected chi connectivity index (χ4v) is 1.28. The first-order valence-corrected chi connectivity index (χ1v) is 4.52. The molecule has 0 aliphatic heterocycles. The average Bonchev–Trinajstić information content (AvgIpc) is 2.26. The minimum atomic E-state index is -1.40. The number of benzene rings is 1. The zero-order chi connectivity index (χ0) is 11.5. The van der Waals surface area contributed by atoms with Crippen molar-refractivity contribution in [2.45, 2.75) is 0 Å². The average molecular weight is 219 g/mol. The van der Waals surface area contributed by atoms with Crippen LogP contribution in [0.1, 0.15) is 0 Å². The van der Waals surface area contributed by atoms with Crippen molar-refractivity contribution in [3.05, 3.63) is 40.8 Å². The summed E-state index contributed by atoms with van der Waals surface area (Å²) in [5.74, 6) is -1.53. The molecule has 0 atom stereocenters. The van der Waals surface area contributed by atoms with Crippen molar-refractivity contribution in [2.24, 2.45) is 0 Å². The summed E-state index contributed by atoms with van der Waals surface area (Å²) in [5.41, 5.74) is -0.284. The normalized spacial score (nSPS) is 10.2. The zero-order valence-corrected chi connectivity index (χ0v) is 8.14. The highest BCUT2D eigenvalue weighted by atomic mass is 16.5. The van der Waals surface area contributed by atoms with Gasteiger partial charge in [0.1, 0.15) is 12.2 Å². The van der Waals surface area contributed by atoms with Gasteiger partial charge < -0.3 is 19.1 Å². The van der Waals surface area contributed by atoms with E-state index in [1.54, 1.807) is 24.3 Å². The molecule has 2 rings (SSSR count). The van der Waals surface area contributed by atoms with E-state index in [-0.39, 0.29) is 5.75 Å². The quantitative estimate of drug-likeness (QED) is 0.674. The van der Waals surface area contributed by atoms with Crippen LogP contribution in [-0.4, -0.2) is 12.6 Å². The van der Waals surface area contributed by atoms with E-state index in [1.165, 1.54) is 6.07 Å². The number of para-hydroxylation sites is 1. The van der Waals surface area contributed by atoms with Crippen molar-refractivity contribution in [1.82, 2.24) is 0 Å². The standard InChI is InChI=1S/C11H8O5/c12-10(13)6-15-9-5-7-3-1-2-4-8(7)16-11(9)14/h1-5H,6H2,(H,12,13)/p-1. The van der Waals surface area contributed by atoms with Gasteiger partial charge in [0, 0.05) is 5.39 Å². The Morgan fingerprint density at radius 2 is 2.12 bits per heavy atom. The van der Waals surface area contributed by atoms with E-state index in [0.717, 1.165) is 0 Å². The molecule has 0 bridgehead atoms. The molecule has 1 heterocycles. The summed E-state index contributed by atoms with van der Waals surface area (Å²) in [4.78, 5) is 21.5. The molecule has 0 aliphatic carbocycles. The predicted octanol–water partition coefficient (Wildman–Crippen LogP) is -0.0783. The Hall–Kier alpha value is -2.30. The van der Waals surface area contributed by atoms with Crippen LogP contribution in [0.15, 0.2) is 39.5 Å². The van der Waals surface area contributed by atoms with Gasteiger partial charge in [0.2, 0.25) is 5.75 Å². The Bertz CT molecular complexity index is 584. The monoisotopic (exact) mass is 219 g/mol. The minimum Gasteiger partial charge on any atom is -0.546 e. The summed E-state index contributed by atoms with van der Waals surface area (Å²) < 4.78 is 9.67. The Balaban J connectivity index is 2.42. The molecule has 0 saturated carbocycles. The Morgan fingerprint density at radius 3 is 2.88 bits per heavy atom. The molecule has 1 aromatic carbocycles. The highest BCUT2D eigenvalue weighted by molar-refractivity contribution is 5.77. The van der Waals surface area contributed by atoms with Crippen LogP contribution in [0.2, 0.25) is 0 Å². The van der Waals surface area contributed by atoms with Crippen LogP contribution in [-0.2, 0) is 4.79 Å². The van der Waals surface area contributed by atoms with Crippen molar-refractivity contribution in [3.63, 3.8) is 0 Å². The first-order chi connectivity index (χ1) is 7.66. The highest BCUT2D eigenvalue weighted by Gasteiger charge is 2.05. The van der Waals surface area contributed by atoms with Gasteiger partial charge in [0.25, 0.3) is 0 Å². The number of carboxylic acids is 1. The summed E-state index contributed by atoms with van der Waals surface area (Å²) in [5, 5.41) is 10.8. The maximum atomic E-state index is 11.3. The maximum Gasteiger partial charge on any atom is 0.379 e. The van der Waals surface area contributed by atoms with Gasteiger partial charge in [-0.05, 0) is 12.1 Å². The van der Waals surface area contributed by atoms with E-state index in [0.29, 0.717) is 11.0 Å². The van der Waals surface area contributed by atoms with Gasteiger partial charge in [0.05, 0.1) is 5.97 Å². The lowest BCUT2D eigenvalue weighted by molar-refractivity contribution is -0.307. The Kier molecular flexibility index (Phi) is 2.59. The van der Waals surface area contributed by atoms with Crippen molar-refractivity contribution in [1.29, 1.82) is 0 Å². The number of rotatable bonds is 3. The summed E-state index contributed by atoms with van der Waals surface area (Å²) in [7, 11) is 0. The lowest BCUT2D eigenvalue weighted by atomic mass is 10.2. The zero-order valence-electron chi connectivity index (χ0n) is 8.14. The number of fused-ring (bicyclic) bond motifs is 1. The van der Waals surface area contributed by atoms with Crippen LogP contribution < -0.4 is 15.5 Å². The van der Waals surface area contributed by atoms with Gasteiger partial charge in [-0.15, -0.1) is 0 Å². The van der Waals surface area contributed by atoms with Crippen molar-refractivity contribution < 1.29 is 19.1 Å². The number of carboxylic acid groups (broad SMARTS) is 1. The van der Waals surface area contributed by atoms with E-state index in [2.05, 4.69) is 0 Å². The third kappa shape index (κ3) is 2.03. The second-order valence-electron chi connectivity index (χ2n) is 3.10. The lowest BCUT2D eigenvalue weighted by Crippen LogP contribution is -2.29. The molecular formula is C11H7O5-. The van der Waals surface area contributed by atoms with Gasteiger partial charge in [-0.3, -0.25) is 0 Å². The maximum absolute atomic E-state index is 11.3. The van der Waals surface area contributed by atoms with Gasteiger partial charge in [-0.1, -0.05) is 18.2 Å². The molecule has 5 nitrogen and oxygen atoms in total. The first-order valence-electron chi connectivity index (χ1n) is 4.52. The fraction of sp³-hybridized carbons (Fsp3) is 0.0909. The summed E-state index contributed by atoms with van der Waals surface area (Å²) in [6, 6.07) is 8.30. The number of carbonyl (C=O) groups is 1. The number of ether oxygens (including phenoxy) is 1. The molecule has 0 unspecified atom stereocenters. The molecule has 1 aromatic heterocycles. The predicted molar refractivity (Wildman–Crippen MR) is 53.0 cm³/mol. The van der Waals surface area contributed by atoms with E-state index in [9.17, 15) is 14.7 Å². The third-order valence-corrected chi connectivity index (χ3v) is 1.95. The van der Waals surface area contributed by atoms with Crippen LogP contribution in [0.5, 0.6) is 5.75 Å². The van der Waals surface area contributed by atoms with Crippen LogP contribution in [0, 0.1) is 0 Å². The van der Waals surface area contributed by atoms with E-state index < -0.39 is 18.2 Å². The van der Waals surface area contributed by atoms with Gasteiger partial charge in [0.15, 0.2) is 0 Å². The second-order valence-corrected chi connectivity index (χ2v) is 3.10. The van der Waals surface area contributed by atoms with Gasteiger partial charge in [-0.25, -0.2) is 4.79 Å². The Morgan fingerprint density at radius 1 is 1.38 bits per heavy atom. The molecule has 0 fully saturated rings. The molecule has 2 aromatic rings. The fourth-order valence-electron chi connectivity index (χ4n) is 1.28. The van der Waals surface area contributed by atoms with Gasteiger partial charge in [-0.2, -0.15) is 0 Å². The summed E-state index contributed by atoms with van der Waals surface area (Å²) in [6.45, 7) is -0.677. The minimum absolute atomic E-state index is 0.136. The number of aliphatic carboxylic acids is 1. The molecule has 0 radical (unpaired) electrons. The van der Waals surface area contributed by atoms with Crippen molar-refractivity contribution >= 4 is 16.9 Å². The van der Waals surface area contributed by atoms with Gasteiger partial charge >= 0.3 is 5.63 Å². The van der Waals surface area contributed by atoms with Crippen LogP contribution in [0.25, 0.3) is 11.0 Å². The number of hydrogen-bond donors (Lipinski definition) is 0. The van der Waals surface area contributed by atoms with E-state index >= 15 is 0 Å². The molecule has 0 saturated heterocycles. The summed E-state index contributed by atoms with van der Waals surface area (Å²) in [6.07, 6.45) is 0. The molecule has 16 heavy (non-hydrogen) atoms. The SMILES string of the molecule is O=C([O-])COc1cc2ccccc2oc1=O. The first kappa shape index (κ1) is 10.2. The molecular weight excluding hydrogens is 212 g/mol. The molecule has 5 heteroatoms. The van der Waals surface area contributed by atoms with Crippen LogP contribution in [0.4, 0.5) is 0 Å². The molecule has 82 valence electrons. The third-order valence-electron chi connectivity index (χ3n) is 1.95. The van der Waals surface area contributed by atoms with E-state index in [1.807, 2.05) is 0 Å². The summed E-state index contributed by atoms with van der Waals surface area (Å²) >= 11 is 0. The van der Waals surface area contributed by atoms with E-state index in [4.69, 9.17) is 9.15 Å². The van der Waals surface area contributed by atoms with Crippen LogP contribution in [0.3, 0.4) is 0 Å². The number of hydrogen-bond acceptors (Lipinski definition) is 5. The lowest BCUT2D eigenvalue weighted by Gasteiger charge is -2.05. The second kappa shape index (κ2) is 4.06. The Labute approximate surface area is 89.9 Å². The van der Waals surface area contributed by atoms with Crippen molar-refractivity contribution in [2.75, 3.05) is 6.61 Å². The van der Waals surface area contributed by atoms with Crippen LogP contribution >= 0.6 is 0 Å². The molecule has 0 spiro atoms. The molecule has 0 aliphatic rings. The molecule has 0 N–H and O–H groups in total. The molecule has 0 amide bonds. The largest absolute Gasteiger partial charge is 0.546 e.